The van der Waals surface area contributed by atoms with Gasteiger partial charge in [-0.2, -0.15) is 0 Å². The molecule has 0 saturated heterocycles. The van der Waals surface area contributed by atoms with Crippen LogP contribution in [0.2, 0.25) is 0 Å². The topological polar surface area (TPSA) is 59.1 Å². The predicted octanol–water partition coefficient (Wildman–Crippen LogP) is 3.44. The van der Waals surface area contributed by atoms with Gasteiger partial charge in [-0.25, -0.2) is 9.97 Å². The molecule has 2 rings (SSSR count). The Morgan fingerprint density at radius 3 is 2.75 bits per heavy atom. The molecule has 5 nitrogen and oxygen atoms in total. The standard InChI is InChI=1S/C15H20N4O/c1-3-4-9-16-14-10-15(18-11-17-14)19-12-7-5-6-8-13(12)20-2/h5-8,10-11H,3-4,9H2,1-2H3,(H2,16,17,18,19). The van der Waals surface area contributed by atoms with Gasteiger partial charge in [-0.1, -0.05) is 25.5 Å². The van der Waals surface area contributed by atoms with E-state index in [2.05, 4.69) is 27.5 Å². The first kappa shape index (κ1) is 14.1. The minimum Gasteiger partial charge on any atom is -0.495 e. The third-order valence-corrected chi connectivity index (χ3v) is 2.87. The van der Waals surface area contributed by atoms with Crippen LogP contribution >= 0.6 is 0 Å². The molecule has 0 aliphatic rings. The maximum atomic E-state index is 5.31. The van der Waals surface area contributed by atoms with Crippen LogP contribution in [-0.4, -0.2) is 23.6 Å². The highest BCUT2D eigenvalue weighted by Gasteiger charge is 2.03. The average Bonchev–Trinajstić information content (AvgIpc) is 2.48. The lowest BCUT2D eigenvalue weighted by Crippen LogP contribution is -2.04. The number of methoxy groups -OCH3 is 1. The van der Waals surface area contributed by atoms with Gasteiger partial charge in [-0.3, -0.25) is 0 Å². The zero-order valence-electron chi connectivity index (χ0n) is 11.9. The summed E-state index contributed by atoms with van der Waals surface area (Å²) < 4.78 is 5.31. The van der Waals surface area contributed by atoms with Crippen LogP contribution in [0, 0.1) is 0 Å². The third-order valence-electron chi connectivity index (χ3n) is 2.87. The number of aromatic nitrogens is 2. The van der Waals surface area contributed by atoms with E-state index in [1.807, 2.05) is 30.3 Å². The van der Waals surface area contributed by atoms with E-state index in [0.29, 0.717) is 0 Å². The first-order valence-electron chi connectivity index (χ1n) is 6.79. The second-order valence-corrected chi connectivity index (χ2v) is 4.39. The van der Waals surface area contributed by atoms with Gasteiger partial charge in [0.15, 0.2) is 0 Å². The number of benzene rings is 1. The normalized spacial score (nSPS) is 10.1. The number of hydrogen-bond donors (Lipinski definition) is 2. The lowest BCUT2D eigenvalue weighted by molar-refractivity contribution is 0.417. The Kier molecular flexibility index (Phi) is 5.17. The highest BCUT2D eigenvalue weighted by atomic mass is 16.5. The number of nitrogens with zero attached hydrogens (tertiary/aromatic N) is 2. The monoisotopic (exact) mass is 272 g/mol. The highest BCUT2D eigenvalue weighted by molar-refractivity contribution is 5.65. The van der Waals surface area contributed by atoms with E-state index in [1.54, 1.807) is 13.4 Å². The number of ether oxygens (including phenoxy) is 1. The lowest BCUT2D eigenvalue weighted by Gasteiger charge is -2.11. The van der Waals surface area contributed by atoms with E-state index in [-0.39, 0.29) is 0 Å². The first-order chi connectivity index (χ1) is 9.83. The van der Waals surface area contributed by atoms with Gasteiger partial charge < -0.3 is 15.4 Å². The number of rotatable bonds is 7. The quantitative estimate of drug-likeness (QED) is 0.756. The van der Waals surface area contributed by atoms with Crippen LogP contribution in [0.4, 0.5) is 17.3 Å². The van der Waals surface area contributed by atoms with Gasteiger partial charge in [-0.15, -0.1) is 0 Å². The van der Waals surface area contributed by atoms with Crippen molar-refractivity contribution in [2.45, 2.75) is 19.8 Å². The number of anilines is 3. The summed E-state index contributed by atoms with van der Waals surface area (Å²) in [7, 11) is 1.65. The first-order valence-corrected chi connectivity index (χ1v) is 6.79. The van der Waals surface area contributed by atoms with Gasteiger partial charge in [0, 0.05) is 12.6 Å². The fourth-order valence-corrected chi connectivity index (χ4v) is 1.80. The molecule has 20 heavy (non-hydrogen) atoms. The van der Waals surface area contributed by atoms with E-state index in [9.17, 15) is 0 Å². The van der Waals surface area contributed by atoms with Gasteiger partial charge in [0.1, 0.15) is 23.7 Å². The molecule has 0 aliphatic carbocycles. The zero-order chi connectivity index (χ0) is 14.2. The van der Waals surface area contributed by atoms with Gasteiger partial charge >= 0.3 is 0 Å². The Hall–Kier alpha value is -2.30. The molecule has 0 amide bonds. The molecule has 0 unspecified atom stereocenters. The molecule has 0 atom stereocenters. The summed E-state index contributed by atoms with van der Waals surface area (Å²) in [6.45, 7) is 3.08. The number of unbranched alkanes of at least 4 members (excludes halogenated alkanes) is 1. The summed E-state index contributed by atoms with van der Waals surface area (Å²) in [6.07, 6.45) is 3.83. The molecule has 2 aromatic rings. The van der Waals surface area contributed by atoms with Crippen molar-refractivity contribution in [1.82, 2.24) is 9.97 Å². The van der Waals surface area contributed by atoms with Crippen LogP contribution in [-0.2, 0) is 0 Å². The summed E-state index contributed by atoms with van der Waals surface area (Å²) in [5, 5.41) is 6.52. The van der Waals surface area contributed by atoms with Gasteiger partial charge in [0.05, 0.1) is 12.8 Å². The fraction of sp³-hybridized carbons (Fsp3) is 0.333. The number of para-hydroxylation sites is 2. The van der Waals surface area contributed by atoms with E-state index < -0.39 is 0 Å². The summed E-state index contributed by atoms with van der Waals surface area (Å²) >= 11 is 0. The van der Waals surface area contributed by atoms with Crippen LogP contribution in [0.1, 0.15) is 19.8 Å². The van der Waals surface area contributed by atoms with Crippen molar-refractivity contribution in [1.29, 1.82) is 0 Å². The van der Waals surface area contributed by atoms with Gasteiger partial charge in [0.2, 0.25) is 0 Å². The molecule has 106 valence electrons. The average molecular weight is 272 g/mol. The molecule has 5 heteroatoms. The van der Waals surface area contributed by atoms with Crippen molar-refractivity contribution in [3.8, 4) is 5.75 Å². The molecule has 0 spiro atoms. The second-order valence-electron chi connectivity index (χ2n) is 4.39. The Bertz CT molecular complexity index is 545. The number of hydrogen-bond acceptors (Lipinski definition) is 5. The maximum absolute atomic E-state index is 5.31. The molecule has 2 N–H and O–H groups in total. The molecular formula is C15H20N4O. The van der Waals surface area contributed by atoms with Crippen molar-refractivity contribution < 1.29 is 4.74 Å². The maximum Gasteiger partial charge on any atom is 0.142 e. The van der Waals surface area contributed by atoms with Crippen molar-refractivity contribution in [3.05, 3.63) is 36.7 Å². The van der Waals surface area contributed by atoms with Gasteiger partial charge in [-0.05, 0) is 18.6 Å². The van der Waals surface area contributed by atoms with Crippen molar-refractivity contribution in [3.63, 3.8) is 0 Å². The van der Waals surface area contributed by atoms with E-state index in [1.165, 1.54) is 0 Å². The summed E-state index contributed by atoms with van der Waals surface area (Å²) in [4.78, 5) is 8.42. The fourth-order valence-electron chi connectivity index (χ4n) is 1.80. The smallest absolute Gasteiger partial charge is 0.142 e. The van der Waals surface area contributed by atoms with E-state index >= 15 is 0 Å². The van der Waals surface area contributed by atoms with Gasteiger partial charge in [0.25, 0.3) is 0 Å². The van der Waals surface area contributed by atoms with Crippen LogP contribution < -0.4 is 15.4 Å². The molecule has 0 saturated carbocycles. The van der Waals surface area contributed by atoms with E-state index in [4.69, 9.17) is 4.74 Å². The summed E-state index contributed by atoms with van der Waals surface area (Å²) in [6, 6.07) is 9.63. The molecule has 1 aromatic carbocycles. The molecule has 0 bridgehead atoms. The van der Waals surface area contributed by atoms with Crippen molar-refractivity contribution >= 4 is 17.3 Å². The minimum atomic E-state index is 0.739. The van der Waals surface area contributed by atoms with Crippen molar-refractivity contribution in [2.75, 3.05) is 24.3 Å². The number of nitrogens with one attached hydrogen (secondary N) is 2. The molecular weight excluding hydrogens is 252 g/mol. The van der Waals surface area contributed by atoms with E-state index in [0.717, 1.165) is 42.5 Å². The Balaban J connectivity index is 2.07. The van der Waals surface area contributed by atoms with Crippen molar-refractivity contribution in [2.24, 2.45) is 0 Å². The van der Waals surface area contributed by atoms with Crippen LogP contribution in [0.25, 0.3) is 0 Å². The summed E-state index contributed by atoms with van der Waals surface area (Å²) in [5.74, 6) is 2.35. The van der Waals surface area contributed by atoms with Crippen LogP contribution in [0.5, 0.6) is 5.75 Å². The SMILES string of the molecule is CCCCNc1cc(Nc2ccccc2OC)ncn1. The minimum absolute atomic E-state index is 0.739. The Labute approximate surface area is 119 Å². The highest BCUT2D eigenvalue weighted by Crippen LogP contribution is 2.26. The third kappa shape index (κ3) is 3.85. The molecule has 1 aromatic heterocycles. The largest absolute Gasteiger partial charge is 0.495 e. The van der Waals surface area contributed by atoms with Crippen LogP contribution in [0.3, 0.4) is 0 Å². The molecule has 0 fully saturated rings. The Morgan fingerprint density at radius 2 is 1.95 bits per heavy atom. The molecule has 0 radical (unpaired) electrons. The molecule has 0 aliphatic heterocycles. The lowest BCUT2D eigenvalue weighted by atomic mass is 10.3. The molecule has 1 heterocycles. The Morgan fingerprint density at radius 1 is 1.15 bits per heavy atom. The van der Waals surface area contributed by atoms with Crippen LogP contribution in [0.15, 0.2) is 36.7 Å². The predicted molar refractivity (Wildman–Crippen MR) is 81.7 cm³/mol. The zero-order valence-corrected chi connectivity index (χ0v) is 11.9. The second kappa shape index (κ2) is 7.33. The summed E-state index contributed by atoms with van der Waals surface area (Å²) in [5.41, 5.74) is 0.883.